The molecular formula is C8H11N5O. The minimum absolute atomic E-state index is 0.713. The summed E-state index contributed by atoms with van der Waals surface area (Å²) in [5, 5.41) is 3.00. The van der Waals surface area contributed by atoms with Crippen molar-refractivity contribution in [3.05, 3.63) is 18.9 Å². The van der Waals surface area contributed by atoms with E-state index in [0.29, 0.717) is 5.65 Å². The highest BCUT2D eigenvalue weighted by Crippen LogP contribution is 1.99. The molecule has 1 fully saturated rings. The lowest BCUT2D eigenvalue weighted by atomic mass is 10.6. The van der Waals surface area contributed by atoms with Crippen molar-refractivity contribution < 1.29 is 4.74 Å². The molecule has 0 aliphatic carbocycles. The number of imidazole rings is 1. The van der Waals surface area contributed by atoms with E-state index in [1.54, 1.807) is 12.5 Å². The molecule has 1 saturated heterocycles. The number of rotatable bonds is 0. The van der Waals surface area contributed by atoms with Crippen LogP contribution in [0.5, 0.6) is 0 Å². The molecule has 3 rings (SSSR count). The van der Waals surface area contributed by atoms with Crippen LogP contribution in [0, 0.1) is 0 Å². The van der Waals surface area contributed by atoms with Crippen molar-refractivity contribution in [2.75, 3.05) is 19.9 Å². The molecule has 1 aliphatic rings. The van der Waals surface area contributed by atoms with Crippen molar-refractivity contribution in [1.29, 1.82) is 0 Å². The smallest absolute Gasteiger partial charge is 0.180 e. The van der Waals surface area contributed by atoms with E-state index in [0.717, 1.165) is 25.4 Å². The largest absolute Gasteiger partial charge is 0.365 e. The SMILES string of the molecule is C1COCN1.c1ncc2[nH]cnc2n1. The third kappa shape index (κ3) is 2.24. The fraction of sp³-hybridized carbons (Fsp3) is 0.375. The molecule has 1 aliphatic heterocycles. The van der Waals surface area contributed by atoms with E-state index in [1.807, 2.05) is 0 Å². The van der Waals surface area contributed by atoms with Crippen molar-refractivity contribution in [1.82, 2.24) is 25.3 Å². The van der Waals surface area contributed by atoms with Gasteiger partial charge in [0.1, 0.15) is 11.8 Å². The molecule has 6 nitrogen and oxygen atoms in total. The maximum atomic E-state index is 4.83. The second-order valence-corrected chi connectivity index (χ2v) is 2.72. The summed E-state index contributed by atoms with van der Waals surface area (Å²) >= 11 is 0. The van der Waals surface area contributed by atoms with Crippen molar-refractivity contribution in [3.8, 4) is 0 Å². The Morgan fingerprint density at radius 3 is 3.00 bits per heavy atom. The Balaban J connectivity index is 0.000000128. The molecule has 0 amide bonds. The monoisotopic (exact) mass is 193 g/mol. The first-order valence-electron chi connectivity index (χ1n) is 4.34. The molecule has 0 saturated carbocycles. The van der Waals surface area contributed by atoms with E-state index in [2.05, 4.69) is 25.3 Å². The van der Waals surface area contributed by atoms with Crippen molar-refractivity contribution in [2.24, 2.45) is 0 Å². The molecule has 2 aromatic rings. The molecule has 0 radical (unpaired) electrons. The highest BCUT2D eigenvalue weighted by Gasteiger charge is 1.92. The Hall–Kier alpha value is -1.53. The van der Waals surface area contributed by atoms with Crippen LogP contribution < -0.4 is 5.32 Å². The second-order valence-electron chi connectivity index (χ2n) is 2.72. The van der Waals surface area contributed by atoms with Crippen LogP contribution in [0.4, 0.5) is 0 Å². The lowest BCUT2D eigenvalue weighted by Gasteiger charge is -1.80. The normalized spacial score (nSPS) is 15.1. The van der Waals surface area contributed by atoms with Crippen LogP contribution >= 0.6 is 0 Å². The van der Waals surface area contributed by atoms with Crippen LogP contribution in [-0.4, -0.2) is 39.8 Å². The maximum Gasteiger partial charge on any atom is 0.180 e. The van der Waals surface area contributed by atoms with Crippen LogP contribution in [0.25, 0.3) is 11.2 Å². The first-order chi connectivity index (χ1) is 6.97. The number of nitrogens with one attached hydrogen (secondary N) is 2. The van der Waals surface area contributed by atoms with Gasteiger partial charge in [0, 0.05) is 6.54 Å². The van der Waals surface area contributed by atoms with Crippen molar-refractivity contribution in [3.63, 3.8) is 0 Å². The lowest BCUT2D eigenvalue weighted by Crippen LogP contribution is -2.05. The summed E-state index contributed by atoms with van der Waals surface area (Å²) in [5.74, 6) is 0. The minimum Gasteiger partial charge on any atom is -0.365 e. The summed E-state index contributed by atoms with van der Waals surface area (Å²) in [6, 6.07) is 0. The van der Waals surface area contributed by atoms with Gasteiger partial charge in [-0.2, -0.15) is 0 Å². The summed E-state index contributed by atoms with van der Waals surface area (Å²) in [6.45, 7) is 2.67. The summed E-state index contributed by atoms with van der Waals surface area (Å²) in [5.41, 5.74) is 1.59. The standard InChI is InChI=1S/C5H4N4.C3H7NO/c1-4-5(8-2-6-1)9-3-7-4;1-2-5-3-4-1/h1-3H,(H,6,7,8,9);4H,1-3H2. The number of nitrogens with zero attached hydrogens (tertiary/aromatic N) is 3. The van der Waals surface area contributed by atoms with Gasteiger partial charge in [0.25, 0.3) is 0 Å². The number of aromatic nitrogens is 4. The van der Waals surface area contributed by atoms with Crippen LogP contribution in [0.2, 0.25) is 0 Å². The van der Waals surface area contributed by atoms with E-state index in [4.69, 9.17) is 4.74 Å². The molecule has 2 aromatic heterocycles. The lowest BCUT2D eigenvalue weighted by molar-refractivity contribution is 0.194. The van der Waals surface area contributed by atoms with Crippen LogP contribution in [0.3, 0.4) is 0 Å². The van der Waals surface area contributed by atoms with Gasteiger partial charge in [0.15, 0.2) is 5.65 Å². The first-order valence-corrected chi connectivity index (χ1v) is 4.34. The van der Waals surface area contributed by atoms with Crippen molar-refractivity contribution in [2.45, 2.75) is 0 Å². The number of aromatic amines is 1. The first kappa shape index (κ1) is 9.04. The average Bonchev–Trinajstić information content (AvgIpc) is 2.92. The van der Waals surface area contributed by atoms with E-state index in [1.165, 1.54) is 6.33 Å². The van der Waals surface area contributed by atoms with Gasteiger partial charge < -0.3 is 9.72 Å². The van der Waals surface area contributed by atoms with E-state index >= 15 is 0 Å². The summed E-state index contributed by atoms with van der Waals surface area (Å²) in [7, 11) is 0. The zero-order chi connectivity index (χ0) is 9.64. The molecule has 3 heterocycles. The maximum absolute atomic E-state index is 4.83. The molecule has 0 spiro atoms. The van der Waals surface area contributed by atoms with Crippen LogP contribution in [0.1, 0.15) is 0 Å². The molecule has 6 heteroatoms. The zero-order valence-corrected chi connectivity index (χ0v) is 7.60. The summed E-state index contributed by atoms with van der Waals surface area (Å²) < 4.78 is 4.83. The fourth-order valence-electron chi connectivity index (χ4n) is 1.05. The van der Waals surface area contributed by atoms with Gasteiger partial charge in [-0.1, -0.05) is 0 Å². The highest BCUT2D eigenvalue weighted by molar-refractivity contribution is 5.67. The van der Waals surface area contributed by atoms with E-state index in [9.17, 15) is 0 Å². The Kier molecular flexibility index (Phi) is 2.99. The molecule has 0 unspecified atom stereocenters. The number of ether oxygens (including phenoxy) is 1. The number of H-pyrrole nitrogens is 1. The third-order valence-corrected chi connectivity index (χ3v) is 1.73. The number of hydrogen-bond acceptors (Lipinski definition) is 5. The average molecular weight is 193 g/mol. The third-order valence-electron chi connectivity index (χ3n) is 1.73. The van der Waals surface area contributed by atoms with Gasteiger partial charge in [-0.05, 0) is 0 Å². The second kappa shape index (κ2) is 4.64. The highest BCUT2D eigenvalue weighted by atomic mass is 16.5. The van der Waals surface area contributed by atoms with Gasteiger partial charge in [-0.25, -0.2) is 15.0 Å². The molecule has 74 valence electrons. The zero-order valence-electron chi connectivity index (χ0n) is 7.60. The molecule has 0 aromatic carbocycles. The summed E-state index contributed by atoms with van der Waals surface area (Å²) in [4.78, 5) is 14.5. The molecule has 0 bridgehead atoms. The topological polar surface area (TPSA) is 75.7 Å². The van der Waals surface area contributed by atoms with Gasteiger partial charge in [-0.3, -0.25) is 5.32 Å². The van der Waals surface area contributed by atoms with Crippen LogP contribution in [0.15, 0.2) is 18.9 Å². The minimum atomic E-state index is 0.713. The fourth-order valence-corrected chi connectivity index (χ4v) is 1.05. The van der Waals surface area contributed by atoms with E-state index < -0.39 is 0 Å². The molecule has 2 N–H and O–H groups in total. The Labute approximate surface area is 80.7 Å². The number of hydrogen-bond donors (Lipinski definition) is 2. The van der Waals surface area contributed by atoms with Gasteiger partial charge in [-0.15, -0.1) is 0 Å². The molecule has 0 atom stereocenters. The van der Waals surface area contributed by atoms with Gasteiger partial charge in [0.05, 0.1) is 25.9 Å². The Morgan fingerprint density at radius 1 is 1.36 bits per heavy atom. The number of fused-ring (bicyclic) bond motifs is 1. The van der Waals surface area contributed by atoms with Gasteiger partial charge in [0.2, 0.25) is 0 Å². The van der Waals surface area contributed by atoms with E-state index in [-0.39, 0.29) is 0 Å². The van der Waals surface area contributed by atoms with Gasteiger partial charge >= 0.3 is 0 Å². The Morgan fingerprint density at radius 2 is 2.36 bits per heavy atom. The molecular weight excluding hydrogens is 182 g/mol. The predicted molar refractivity (Wildman–Crippen MR) is 50.5 cm³/mol. The van der Waals surface area contributed by atoms with Crippen molar-refractivity contribution >= 4 is 11.2 Å². The quantitative estimate of drug-likeness (QED) is 0.612. The molecule has 14 heavy (non-hydrogen) atoms. The Bertz CT molecular complexity index is 346. The predicted octanol–water partition coefficient (Wildman–Crippen LogP) is -0.0834. The van der Waals surface area contributed by atoms with Crippen LogP contribution in [-0.2, 0) is 4.74 Å². The summed E-state index contributed by atoms with van der Waals surface area (Å²) in [6.07, 6.45) is 4.76.